The lowest BCUT2D eigenvalue weighted by Crippen LogP contribution is -2.47. The van der Waals surface area contributed by atoms with Crippen molar-refractivity contribution in [1.29, 1.82) is 0 Å². The summed E-state index contributed by atoms with van der Waals surface area (Å²) in [5.41, 5.74) is 0.790. The number of halogens is 4. The molecule has 2 spiro atoms. The first-order valence-electron chi connectivity index (χ1n) is 16.7. The Bertz CT molecular complexity index is 1330. The van der Waals surface area contributed by atoms with Gasteiger partial charge in [0, 0.05) is 49.9 Å². The van der Waals surface area contributed by atoms with Crippen LogP contribution in [0, 0.1) is 23.3 Å². The quantitative estimate of drug-likeness (QED) is 0.332. The summed E-state index contributed by atoms with van der Waals surface area (Å²) in [7, 11) is 0. The third-order valence-electron chi connectivity index (χ3n) is 9.72. The highest BCUT2D eigenvalue weighted by molar-refractivity contribution is 5.63. The summed E-state index contributed by atoms with van der Waals surface area (Å²) in [5, 5.41) is 0. The van der Waals surface area contributed by atoms with Gasteiger partial charge in [-0.25, -0.2) is 17.6 Å². The van der Waals surface area contributed by atoms with Crippen molar-refractivity contribution in [3.8, 4) is 11.5 Å². The molecule has 8 rings (SSSR count). The van der Waals surface area contributed by atoms with Gasteiger partial charge in [0.15, 0.2) is 40.5 Å². The maximum Gasteiger partial charge on any atom is 0.181 e. The fourth-order valence-electron chi connectivity index (χ4n) is 7.58. The number of rotatable bonds is 2. The highest BCUT2D eigenvalue weighted by Crippen LogP contribution is 2.44. The van der Waals surface area contributed by atoms with Crippen LogP contribution in [0.5, 0.6) is 11.5 Å². The normalized spacial score (nSPS) is 24.6. The molecule has 2 aromatic rings. The molecule has 0 aromatic heterocycles. The zero-order valence-corrected chi connectivity index (χ0v) is 26.6. The van der Waals surface area contributed by atoms with E-state index in [2.05, 4.69) is 4.90 Å². The lowest BCUT2D eigenvalue weighted by Gasteiger charge is -2.43. The monoisotopic (exact) mass is 652 g/mol. The van der Waals surface area contributed by atoms with Crippen LogP contribution in [0.4, 0.5) is 28.9 Å². The van der Waals surface area contributed by atoms with Crippen LogP contribution in [0.3, 0.4) is 0 Å². The number of anilines is 2. The lowest BCUT2D eigenvalue weighted by molar-refractivity contribution is -0.178. The molecule has 0 unspecified atom stereocenters. The van der Waals surface area contributed by atoms with Crippen LogP contribution in [-0.2, 0) is 18.9 Å². The van der Waals surface area contributed by atoms with Crippen LogP contribution in [0.1, 0.15) is 65.2 Å². The molecular weight excluding hydrogens is 608 g/mol. The van der Waals surface area contributed by atoms with E-state index in [4.69, 9.17) is 28.4 Å². The second-order valence-electron chi connectivity index (χ2n) is 12.2. The summed E-state index contributed by atoms with van der Waals surface area (Å²) < 4.78 is 89.2. The van der Waals surface area contributed by atoms with E-state index in [1.54, 1.807) is 0 Å². The summed E-state index contributed by atoms with van der Waals surface area (Å²) in [6.07, 6.45) is 6.69. The van der Waals surface area contributed by atoms with Crippen LogP contribution in [0.15, 0.2) is 24.3 Å². The van der Waals surface area contributed by atoms with Crippen molar-refractivity contribution in [2.45, 2.75) is 88.9 Å². The number of nitrogens with zero attached hydrogens (tertiary/aromatic N) is 2. The molecule has 4 aliphatic heterocycles. The first-order chi connectivity index (χ1) is 22.4. The molecule has 4 fully saturated rings. The van der Waals surface area contributed by atoms with Crippen LogP contribution in [0.25, 0.3) is 0 Å². The van der Waals surface area contributed by atoms with Crippen molar-refractivity contribution < 1.29 is 46.0 Å². The Morgan fingerprint density at radius 2 is 1.07 bits per heavy atom. The summed E-state index contributed by atoms with van der Waals surface area (Å²) >= 11 is 0. The maximum absolute atomic E-state index is 14.2. The van der Waals surface area contributed by atoms with E-state index in [9.17, 15) is 17.6 Å². The number of hydrogen-bond acceptors (Lipinski definition) is 8. The van der Waals surface area contributed by atoms with E-state index in [1.807, 2.05) is 18.7 Å². The average Bonchev–Trinajstić information content (AvgIpc) is 3.74. The van der Waals surface area contributed by atoms with Crippen molar-refractivity contribution >= 4 is 11.4 Å². The van der Waals surface area contributed by atoms with Crippen molar-refractivity contribution in [3.05, 3.63) is 47.5 Å². The highest BCUT2D eigenvalue weighted by atomic mass is 19.1. The topological polar surface area (TPSA) is 61.9 Å². The molecule has 2 aromatic carbocycles. The molecule has 2 saturated heterocycles. The first-order valence-corrected chi connectivity index (χ1v) is 16.7. The fraction of sp³-hybridized carbons (Fsp3) is 0.647. The highest BCUT2D eigenvalue weighted by Gasteiger charge is 2.44. The molecular formula is C34H44F4N2O6. The van der Waals surface area contributed by atoms with E-state index < -0.39 is 34.8 Å². The van der Waals surface area contributed by atoms with Gasteiger partial charge in [-0.2, -0.15) is 0 Å². The van der Waals surface area contributed by atoms with Gasteiger partial charge in [0.25, 0.3) is 0 Å². The van der Waals surface area contributed by atoms with Crippen molar-refractivity contribution in [2.24, 2.45) is 0 Å². The third-order valence-corrected chi connectivity index (χ3v) is 9.72. The molecule has 0 radical (unpaired) electrons. The van der Waals surface area contributed by atoms with Crippen LogP contribution in [-0.4, -0.2) is 76.4 Å². The average molecular weight is 653 g/mol. The SMILES string of the molecule is CC.Fc1cc(F)c2c(c1)N(C1CCC3(CC1)OCCO3)CCO2.Fc1ccc(F)c2c1OCCN2C1CCC2(CC1)OCCO2. The van der Waals surface area contributed by atoms with Crippen molar-refractivity contribution in [3.63, 3.8) is 0 Å². The van der Waals surface area contributed by atoms with Crippen molar-refractivity contribution in [1.82, 2.24) is 0 Å². The van der Waals surface area contributed by atoms with Gasteiger partial charge in [-0.3, -0.25) is 0 Å². The molecule has 0 N–H and O–H groups in total. The van der Waals surface area contributed by atoms with E-state index >= 15 is 0 Å². The number of fused-ring (bicyclic) bond motifs is 2. The fourth-order valence-corrected chi connectivity index (χ4v) is 7.58. The Kier molecular flexibility index (Phi) is 10.2. The Morgan fingerprint density at radius 3 is 1.63 bits per heavy atom. The van der Waals surface area contributed by atoms with Gasteiger partial charge >= 0.3 is 0 Å². The van der Waals surface area contributed by atoms with Gasteiger partial charge < -0.3 is 38.2 Å². The molecule has 4 heterocycles. The molecule has 254 valence electrons. The van der Waals surface area contributed by atoms with Gasteiger partial charge in [-0.15, -0.1) is 0 Å². The van der Waals surface area contributed by atoms with Gasteiger partial charge in [0.1, 0.15) is 24.7 Å². The maximum atomic E-state index is 14.2. The summed E-state index contributed by atoms with van der Waals surface area (Å²) in [6, 6.07) is 4.93. The standard InChI is InChI=1S/2C16H19F2NO3.C2H6/c17-11-9-13(18)15-14(10-11)19(5-6-20-15)12-1-3-16(4-2-12)21-7-8-22-16;17-12-1-2-13(18)15-14(12)19(7-8-20-15)11-3-5-16(6-4-11)21-9-10-22-16;1-2/h9-10,12H,1-8H2;1-2,11H,3-10H2;1-2H3. The molecule has 46 heavy (non-hydrogen) atoms. The van der Waals surface area contributed by atoms with Crippen LogP contribution in [0.2, 0.25) is 0 Å². The predicted molar refractivity (Wildman–Crippen MR) is 164 cm³/mol. The second kappa shape index (κ2) is 14.1. The second-order valence-corrected chi connectivity index (χ2v) is 12.2. The van der Waals surface area contributed by atoms with E-state index in [0.717, 1.165) is 63.5 Å². The Morgan fingerprint density at radius 1 is 0.587 bits per heavy atom. The lowest BCUT2D eigenvalue weighted by atomic mass is 9.88. The molecule has 2 aliphatic carbocycles. The minimum Gasteiger partial charge on any atom is -0.486 e. The number of benzene rings is 2. The molecule has 2 saturated carbocycles. The van der Waals surface area contributed by atoms with Gasteiger partial charge in [-0.1, -0.05) is 13.8 Å². The zero-order chi connectivity index (χ0) is 32.3. The minimum absolute atomic E-state index is 0.0416. The summed E-state index contributed by atoms with van der Waals surface area (Å²) in [4.78, 5) is 4.03. The van der Waals surface area contributed by atoms with E-state index in [-0.39, 0.29) is 29.3 Å². The Labute approximate surface area is 267 Å². The molecule has 0 amide bonds. The third kappa shape index (κ3) is 6.63. The number of hydrogen-bond donors (Lipinski definition) is 0. The molecule has 6 aliphatic rings. The van der Waals surface area contributed by atoms with Gasteiger partial charge in [-0.05, 0) is 37.8 Å². The van der Waals surface area contributed by atoms with Crippen LogP contribution < -0.4 is 19.3 Å². The summed E-state index contributed by atoms with van der Waals surface area (Å²) in [5.74, 6) is -2.78. The number of ether oxygens (including phenoxy) is 6. The van der Waals surface area contributed by atoms with Crippen molar-refractivity contribution in [2.75, 3.05) is 62.5 Å². The Hall–Kier alpha value is -2.80. The molecule has 0 atom stereocenters. The van der Waals surface area contributed by atoms with Crippen LogP contribution >= 0.6 is 0 Å². The van der Waals surface area contributed by atoms with Gasteiger partial charge in [0.2, 0.25) is 0 Å². The predicted octanol–water partition coefficient (Wildman–Crippen LogP) is 6.72. The molecule has 8 nitrogen and oxygen atoms in total. The first kappa shape index (κ1) is 33.1. The molecule has 0 bridgehead atoms. The molecule has 12 heteroatoms. The largest absolute Gasteiger partial charge is 0.486 e. The zero-order valence-electron chi connectivity index (χ0n) is 26.6. The summed E-state index contributed by atoms with van der Waals surface area (Å²) in [6.45, 7) is 8.62. The smallest absolute Gasteiger partial charge is 0.181 e. The van der Waals surface area contributed by atoms with E-state index in [1.165, 1.54) is 12.1 Å². The Balaban J connectivity index is 0.000000153. The van der Waals surface area contributed by atoms with E-state index in [0.29, 0.717) is 58.4 Å². The minimum atomic E-state index is -0.630. The van der Waals surface area contributed by atoms with Gasteiger partial charge in [0.05, 0.1) is 45.2 Å².